The van der Waals surface area contributed by atoms with Crippen LogP contribution in [0.3, 0.4) is 0 Å². The number of anilines is 1. The monoisotopic (exact) mass is 285 g/mol. The molecule has 0 fully saturated rings. The van der Waals surface area contributed by atoms with E-state index >= 15 is 0 Å². The van der Waals surface area contributed by atoms with Gasteiger partial charge in [0.05, 0.1) is 17.0 Å². The standard InChI is InChI=1S/C12H19N3O3S/c1-3-14-11-5-7-13-9-10(11)12(16)15-6-4-8-19(2,17)18/h5,7,9H,3-4,6,8H2,1-2H3,(H,13,14)(H,15,16). The van der Waals surface area contributed by atoms with Crippen molar-refractivity contribution in [3.8, 4) is 0 Å². The lowest BCUT2D eigenvalue weighted by Gasteiger charge is -2.10. The summed E-state index contributed by atoms with van der Waals surface area (Å²) in [7, 11) is -2.98. The summed E-state index contributed by atoms with van der Waals surface area (Å²) >= 11 is 0. The maximum absolute atomic E-state index is 11.9. The number of carbonyl (C=O) groups excluding carboxylic acids is 1. The average Bonchev–Trinajstić information content (AvgIpc) is 2.34. The second-order valence-electron chi connectivity index (χ2n) is 4.19. The molecule has 0 saturated carbocycles. The van der Waals surface area contributed by atoms with E-state index in [9.17, 15) is 13.2 Å². The molecule has 0 aliphatic carbocycles. The van der Waals surface area contributed by atoms with Crippen molar-refractivity contribution in [3.63, 3.8) is 0 Å². The number of nitrogens with one attached hydrogen (secondary N) is 2. The third kappa shape index (κ3) is 5.69. The summed E-state index contributed by atoms with van der Waals surface area (Å²) < 4.78 is 21.9. The highest BCUT2D eigenvalue weighted by Gasteiger charge is 2.10. The lowest BCUT2D eigenvalue weighted by molar-refractivity contribution is 0.0954. The molecular weight excluding hydrogens is 266 g/mol. The van der Waals surface area contributed by atoms with Crippen molar-refractivity contribution in [2.75, 3.05) is 30.4 Å². The van der Waals surface area contributed by atoms with Crippen LogP contribution in [0.4, 0.5) is 5.69 Å². The van der Waals surface area contributed by atoms with Crippen molar-refractivity contribution in [2.45, 2.75) is 13.3 Å². The van der Waals surface area contributed by atoms with Gasteiger partial charge in [-0.3, -0.25) is 9.78 Å². The van der Waals surface area contributed by atoms with Crippen molar-refractivity contribution < 1.29 is 13.2 Å². The Morgan fingerprint density at radius 3 is 2.79 bits per heavy atom. The third-order valence-electron chi connectivity index (χ3n) is 2.41. The minimum atomic E-state index is -2.98. The molecule has 7 heteroatoms. The zero-order valence-corrected chi connectivity index (χ0v) is 12.0. The van der Waals surface area contributed by atoms with Gasteiger partial charge in [-0.1, -0.05) is 0 Å². The first-order chi connectivity index (χ1) is 8.94. The summed E-state index contributed by atoms with van der Waals surface area (Å²) in [5.74, 6) is -0.182. The molecule has 0 unspecified atom stereocenters. The Balaban J connectivity index is 2.54. The molecule has 1 amide bonds. The Labute approximate surface area is 113 Å². The molecule has 1 rings (SSSR count). The molecule has 106 valence electrons. The van der Waals surface area contributed by atoms with Crippen LogP contribution in [-0.4, -0.2) is 44.4 Å². The SMILES string of the molecule is CCNc1ccncc1C(=O)NCCCS(C)(=O)=O. The lowest BCUT2D eigenvalue weighted by Crippen LogP contribution is -2.26. The quantitative estimate of drug-likeness (QED) is 0.719. The van der Waals surface area contributed by atoms with Gasteiger partial charge in [-0.2, -0.15) is 0 Å². The zero-order chi connectivity index (χ0) is 14.3. The van der Waals surface area contributed by atoms with E-state index in [4.69, 9.17) is 0 Å². The fraction of sp³-hybridized carbons (Fsp3) is 0.500. The van der Waals surface area contributed by atoms with Crippen molar-refractivity contribution in [2.24, 2.45) is 0 Å². The molecule has 0 radical (unpaired) electrons. The largest absolute Gasteiger partial charge is 0.385 e. The first kappa shape index (κ1) is 15.4. The second kappa shape index (κ2) is 7.08. The second-order valence-corrected chi connectivity index (χ2v) is 6.45. The molecule has 0 aliphatic rings. The summed E-state index contributed by atoms with van der Waals surface area (Å²) in [6.07, 6.45) is 4.68. The Morgan fingerprint density at radius 2 is 2.16 bits per heavy atom. The van der Waals surface area contributed by atoms with Gasteiger partial charge >= 0.3 is 0 Å². The number of hydrogen-bond acceptors (Lipinski definition) is 5. The molecular formula is C12H19N3O3S. The summed E-state index contributed by atoms with van der Waals surface area (Å²) in [6, 6.07) is 1.73. The highest BCUT2D eigenvalue weighted by atomic mass is 32.2. The highest BCUT2D eigenvalue weighted by molar-refractivity contribution is 7.90. The van der Waals surface area contributed by atoms with Crippen molar-refractivity contribution in [1.29, 1.82) is 0 Å². The van der Waals surface area contributed by atoms with E-state index in [1.807, 2.05) is 6.92 Å². The van der Waals surface area contributed by atoms with Crippen LogP contribution >= 0.6 is 0 Å². The van der Waals surface area contributed by atoms with Gasteiger partial charge < -0.3 is 10.6 Å². The highest BCUT2D eigenvalue weighted by Crippen LogP contribution is 2.12. The van der Waals surface area contributed by atoms with Crippen molar-refractivity contribution in [1.82, 2.24) is 10.3 Å². The summed E-state index contributed by atoms with van der Waals surface area (Å²) in [4.78, 5) is 15.8. The van der Waals surface area contributed by atoms with Crippen LogP contribution in [0.2, 0.25) is 0 Å². The fourth-order valence-electron chi connectivity index (χ4n) is 1.55. The van der Waals surface area contributed by atoms with Crippen molar-refractivity contribution >= 4 is 21.4 Å². The third-order valence-corrected chi connectivity index (χ3v) is 3.44. The van der Waals surface area contributed by atoms with Gasteiger partial charge in [0, 0.05) is 31.7 Å². The van der Waals surface area contributed by atoms with Crippen LogP contribution in [0.15, 0.2) is 18.5 Å². The van der Waals surface area contributed by atoms with Crippen LogP contribution in [0.5, 0.6) is 0 Å². The van der Waals surface area contributed by atoms with Crippen LogP contribution in [0.1, 0.15) is 23.7 Å². The number of hydrogen-bond donors (Lipinski definition) is 2. The average molecular weight is 285 g/mol. The molecule has 0 atom stereocenters. The molecule has 6 nitrogen and oxygen atoms in total. The molecule has 0 aliphatic heterocycles. The van der Waals surface area contributed by atoms with Crippen LogP contribution < -0.4 is 10.6 Å². The van der Waals surface area contributed by atoms with Gasteiger partial charge in [-0.15, -0.1) is 0 Å². The Hall–Kier alpha value is -1.63. The number of sulfone groups is 1. The first-order valence-corrected chi connectivity index (χ1v) is 8.14. The Morgan fingerprint density at radius 1 is 1.42 bits per heavy atom. The predicted molar refractivity (Wildman–Crippen MR) is 75.1 cm³/mol. The van der Waals surface area contributed by atoms with Gasteiger partial charge in [-0.25, -0.2) is 8.42 Å². The number of carbonyl (C=O) groups is 1. The fourth-order valence-corrected chi connectivity index (χ4v) is 2.22. The molecule has 19 heavy (non-hydrogen) atoms. The van der Waals surface area contributed by atoms with E-state index in [0.717, 1.165) is 5.69 Å². The molecule has 1 aromatic heterocycles. The van der Waals surface area contributed by atoms with Crippen LogP contribution in [-0.2, 0) is 9.84 Å². The van der Waals surface area contributed by atoms with Gasteiger partial charge in [0.15, 0.2) is 0 Å². The van der Waals surface area contributed by atoms with Gasteiger partial charge in [-0.05, 0) is 19.4 Å². The Kier molecular flexibility index (Phi) is 5.75. The molecule has 0 bridgehead atoms. The molecule has 1 aromatic rings. The zero-order valence-electron chi connectivity index (χ0n) is 11.1. The predicted octanol–water partition coefficient (Wildman–Crippen LogP) is 0.678. The van der Waals surface area contributed by atoms with E-state index in [1.165, 1.54) is 12.5 Å². The van der Waals surface area contributed by atoms with Crippen LogP contribution in [0, 0.1) is 0 Å². The van der Waals surface area contributed by atoms with E-state index in [1.54, 1.807) is 12.3 Å². The van der Waals surface area contributed by atoms with Crippen LogP contribution in [0.25, 0.3) is 0 Å². The minimum Gasteiger partial charge on any atom is -0.385 e. The van der Waals surface area contributed by atoms with Gasteiger partial charge in [0.1, 0.15) is 9.84 Å². The topological polar surface area (TPSA) is 88.2 Å². The smallest absolute Gasteiger partial charge is 0.254 e. The number of aromatic nitrogens is 1. The van der Waals surface area contributed by atoms with E-state index in [2.05, 4.69) is 15.6 Å². The normalized spacial score (nSPS) is 11.1. The van der Waals surface area contributed by atoms with Gasteiger partial charge in [0.25, 0.3) is 5.91 Å². The molecule has 1 heterocycles. The first-order valence-electron chi connectivity index (χ1n) is 6.08. The maximum Gasteiger partial charge on any atom is 0.254 e. The number of rotatable bonds is 7. The summed E-state index contributed by atoms with van der Waals surface area (Å²) in [5.41, 5.74) is 1.18. The molecule has 0 saturated heterocycles. The molecule has 2 N–H and O–H groups in total. The molecule has 0 spiro atoms. The number of amides is 1. The summed E-state index contributed by atoms with van der Waals surface area (Å²) in [6.45, 7) is 2.97. The lowest BCUT2D eigenvalue weighted by atomic mass is 10.2. The molecule has 0 aromatic carbocycles. The van der Waals surface area contributed by atoms with E-state index in [-0.39, 0.29) is 11.7 Å². The Bertz CT molecular complexity index is 529. The number of pyridine rings is 1. The minimum absolute atomic E-state index is 0.0698. The van der Waals surface area contributed by atoms with E-state index in [0.29, 0.717) is 25.1 Å². The van der Waals surface area contributed by atoms with Gasteiger partial charge in [0.2, 0.25) is 0 Å². The number of nitrogens with zero attached hydrogens (tertiary/aromatic N) is 1. The van der Waals surface area contributed by atoms with Crippen molar-refractivity contribution in [3.05, 3.63) is 24.0 Å². The maximum atomic E-state index is 11.9. The van der Waals surface area contributed by atoms with E-state index < -0.39 is 9.84 Å². The summed E-state index contributed by atoms with van der Waals surface area (Å²) in [5, 5.41) is 5.76.